The van der Waals surface area contributed by atoms with Crippen LogP contribution in [0.1, 0.15) is 53.2 Å². The summed E-state index contributed by atoms with van der Waals surface area (Å²) < 4.78 is 11.0. The van der Waals surface area contributed by atoms with Crippen molar-refractivity contribution in [3.8, 4) is 5.75 Å². The lowest BCUT2D eigenvalue weighted by Gasteiger charge is -2.38. The normalized spacial score (nSPS) is 21.5. The van der Waals surface area contributed by atoms with Gasteiger partial charge in [-0.3, -0.25) is 4.79 Å². The van der Waals surface area contributed by atoms with Crippen LogP contribution in [0.5, 0.6) is 5.75 Å². The van der Waals surface area contributed by atoms with Gasteiger partial charge >= 0.3 is 0 Å². The third kappa shape index (κ3) is 4.08. The molecular formula is C25H30N2O3. The molecule has 0 aromatic heterocycles. The monoisotopic (exact) mass is 406 g/mol. The summed E-state index contributed by atoms with van der Waals surface area (Å²) in [6, 6.07) is 14.5. The molecule has 0 fully saturated rings. The van der Waals surface area contributed by atoms with Gasteiger partial charge in [-0.1, -0.05) is 30.4 Å². The van der Waals surface area contributed by atoms with Gasteiger partial charge in [0.2, 0.25) is 0 Å². The van der Waals surface area contributed by atoms with Crippen molar-refractivity contribution in [3.63, 3.8) is 0 Å². The van der Waals surface area contributed by atoms with Crippen molar-refractivity contribution in [2.75, 3.05) is 32.2 Å². The van der Waals surface area contributed by atoms with Crippen molar-refractivity contribution in [2.45, 2.75) is 31.7 Å². The number of rotatable bonds is 8. The quantitative estimate of drug-likeness (QED) is 0.494. The maximum absolute atomic E-state index is 12.6. The highest BCUT2D eigenvalue weighted by Crippen LogP contribution is 2.51. The highest BCUT2D eigenvalue weighted by atomic mass is 16.5. The minimum Gasteiger partial charge on any atom is -0.494 e. The molecule has 4 rings (SSSR count). The maximum Gasteiger partial charge on any atom is 0.251 e. The second-order valence-corrected chi connectivity index (χ2v) is 7.85. The third-order valence-electron chi connectivity index (χ3n) is 5.99. The molecule has 1 aliphatic heterocycles. The Morgan fingerprint density at radius 1 is 1.20 bits per heavy atom. The molecule has 30 heavy (non-hydrogen) atoms. The first-order valence-corrected chi connectivity index (χ1v) is 10.8. The second-order valence-electron chi connectivity index (χ2n) is 7.85. The zero-order valence-corrected chi connectivity index (χ0v) is 17.7. The summed E-state index contributed by atoms with van der Waals surface area (Å²) in [6.07, 6.45) is 6.37. The van der Waals surface area contributed by atoms with Gasteiger partial charge in [-0.15, -0.1) is 0 Å². The van der Waals surface area contributed by atoms with Crippen LogP contribution >= 0.6 is 0 Å². The first kappa shape index (κ1) is 20.5. The zero-order chi connectivity index (χ0) is 20.9. The number of hydrogen-bond acceptors (Lipinski definition) is 4. The Hall–Kier alpha value is -2.79. The number of methoxy groups -OCH3 is 1. The fourth-order valence-corrected chi connectivity index (χ4v) is 4.59. The standard InChI is InChI=1S/C25H30N2O3/c1-3-30-23-11-5-4-8-20(23)24-19-10-6-9-18(19)21-16-17(12-13-22(21)27-24)25(28)26-14-7-15-29-2/h4-6,8-9,11-13,16,18-19,24,27H,3,7,10,14-15H2,1-2H3,(H,26,28). The van der Waals surface area contributed by atoms with Crippen LogP contribution in [-0.4, -0.2) is 32.8 Å². The van der Waals surface area contributed by atoms with Gasteiger partial charge in [0.1, 0.15) is 5.75 Å². The van der Waals surface area contributed by atoms with Gasteiger partial charge < -0.3 is 20.1 Å². The number of benzene rings is 2. The lowest BCUT2D eigenvalue weighted by Crippen LogP contribution is -2.30. The summed E-state index contributed by atoms with van der Waals surface area (Å²) in [5.41, 5.74) is 4.20. The number of amides is 1. The number of anilines is 1. The van der Waals surface area contributed by atoms with E-state index in [0.29, 0.717) is 37.2 Å². The Balaban J connectivity index is 1.59. The molecule has 158 valence electrons. The molecule has 0 saturated carbocycles. The van der Waals surface area contributed by atoms with Gasteiger partial charge in [-0.05, 0) is 55.5 Å². The van der Waals surface area contributed by atoms with Crippen LogP contribution in [0.2, 0.25) is 0 Å². The topological polar surface area (TPSA) is 59.6 Å². The number of ether oxygens (including phenoxy) is 2. The number of nitrogens with one attached hydrogen (secondary N) is 2. The van der Waals surface area contributed by atoms with E-state index in [2.05, 4.69) is 34.9 Å². The van der Waals surface area contributed by atoms with Gasteiger partial charge in [0.05, 0.1) is 12.6 Å². The average molecular weight is 407 g/mol. The van der Waals surface area contributed by atoms with Gasteiger partial charge in [0, 0.05) is 43.0 Å². The van der Waals surface area contributed by atoms with Crippen LogP contribution in [0.4, 0.5) is 5.69 Å². The fraction of sp³-hybridized carbons (Fsp3) is 0.400. The van der Waals surface area contributed by atoms with Crippen LogP contribution < -0.4 is 15.4 Å². The number of para-hydroxylation sites is 1. The van der Waals surface area contributed by atoms with Crippen molar-refractivity contribution in [1.82, 2.24) is 5.32 Å². The molecule has 0 spiro atoms. The fourth-order valence-electron chi connectivity index (χ4n) is 4.59. The lowest BCUT2D eigenvalue weighted by atomic mass is 9.76. The molecule has 0 radical (unpaired) electrons. The number of carbonyl (C=O) groups is 1. The van der Waals surface area contributed by atoms with Crippen LogP contribution in [0.3, 0.4) is 0 Å². The molecule has 5 heteroatoms. The molecule has 1 aliphatic carbocycles. The van der Waals surface area contributed by atoms with Crippen LogP contribution in [-0.2, 0) is 4.74 Å². The predicted octanol–water partition coefficient (Wildman–Crippen LogP) is 4.68. The highest BCUT2D eigenvalue weighted by molar-refractivity contribution is 5.95. The van der Waals surface area contributed by atoms with E-state index >= 15 is 0 Å². The van der Waals surface area contributed by atoms with Crippen LogP contribution in [0.25, 0.3) is 0 Å². The molecule has 3 unspecified atom stereocenters. The van der Waals surface area contributed by atoms with Crippen molar-refractivity contribution < 1.29 is 14.3 Å². The zero-order valence-electron chi connectivity index (χ0n) is 17.7. The number of hydrogen-bond donors (Lipinski definition) is 2. The van der Waals surface area contributed by atoms with E-state index < -0.39 is 0 Å². The number of fused-ring (bicyclic) bond motifs is 3. The molecule has 1 amide bonds. The van der Waals surface area contributed by atoms with Gasteiger partial charge in [-0.25, -0.2) is 0 Å². The summed E-state index contributed by atoms with van der Waals surface area (Å²) in [7, 11) is 1.67. The van der Waals surface area contributed by atoms with Gasteiger partial charge in [0.15, 0.2) is 0 Å². The molecule has 2 N–H and O–H groups in total. The van der Waals surface area contributed by atoms with E-state index in [4.69, 9.17) is 9.47 Å². The summed E-state index contributed by atoms with van der Waals surface area (Å²) in [4.78, 5) is 12.6. The Kier molecular flexibility index (Phi) is 6.38. The van der Waals surface area contributed by atoms with E-state index in [1.54, 1.807) is 7.11 Å². The lowest BCUT2D eigenvalue weighted by molar-refractivity contribution is 0.0948. The van der Waals surface area contributed by atoms with Gasteiger partial charge in [-0.2, -0.15) is 0 Å². The van der Waals surface area contributed by atoms with Crippen molar-refractivity contribution in [1.29, 1.82) is 0 Å². The van der Waals surface area contributed by atoms with Gasteiger partial charge in [0.25, 0.3) is 5.91 Å². The van der Waals surface area contributed by atoms with E-state index in [0.717, 1.165) is 24.3 Å². The van der Waals surface area contributed by atoms with E-state index in [-0.39, 0.29) is 11.9 Å². The molecule has 3 atom stereocenters. The first-order valence-electron chi connectivity index (χ1n) is 10.8. The Morgan fingerprint density at radius 3 is 2.90 bits per heavy atom. The largest absolute Gasteiger partial charge is 0.494 e. The number of carbonyl (C=O) groups excluding carboxylic acids is 1. The minimum atomic E-state index is -0.0313. The Labute approximate surface area is 178 Å². The molecular weight excluding hydrogens is 376 g/mol. The number of allylic oxidation sites excluding steroid dienone is 2. The summed E-state index contributed by atoms with van der Waals surface area (Å²) in [5.74, 6) is 1.61. The molecule has 2 aromatic rings. The molecule has 2 aliphatic rings. The van der Waals surface area contributed by atoms with E-state index in [1.807, 2.05) is 37.3 Å². The summed E-state index contributed by atoms with van der Waals surface area (Å²) in [5, 5.41) is 6.72. The van der Waals surface area contributed by atoms with E-state index in [9.17, 15) is 4.79 Å². The summed E-state index contributed by atoms with van der Waals surface area (Å²) in [6.45, 7) is 3.93. The van der Waals surface area contributed by atoms with E-state index in [1.165, 1.54) is 11.1 Å². The molecule has 0 saturated heterocycles. The average Bonchev–Trinajstić information content (AvgIpc) is 3.27. The molecule has 1 heterocycles. The SMILES string of the molecule is CCOc1ccccc1C1Nc2ccc(C(=O)NCCCOC)cc2C2C=CCC21. The second kappa shape index (κ2) is 9.35. The smallest absolute Gasteiger partial charge is 0.251 e. The highest BCUT2D eigenvalue weighted by Gasteiger charge is 2.39. The van der Waals surface area contributed by atoms with Crippen molar-refractivity contribution in [2.24, 2.45) is 5.92 Å². The molecule has 2 aromatic carbocycles. The minimum absolute atomic E-state index is 0.0313. The first-order chi connectivity index (χ1) is 14.7. The predicted molar refractivity (Wildman–Crippen MR) is 119 cm³/mol. The van der Waals surface area contributed by atoms with Crippen molar-refractivity contribution in [3.05, 3.63) is 71.3 Å². The van der Waals surface area contributed by atoms with Crippen molar-refractivity contribution >= 4 is 11.6 Å². The molecule has 5 nitrogen and oxygen atoms in total. The molecule has 0 bridgehead atoms. The van der Waals surface area contributed by atoms with Crippen LogP contribution in [0.15, 0.2) is 54.6 Å². The third-order valence-corrected chi connectivity index (χ3v) is 5.99. The van der Waals surface area contributed by atoms with Crippen LogP contribution in [0, 0.1) is 5.92 Å². The maximum atomic E-state index is 12.6. The Bertz CT molecular complexity index is 924. The Morgan fingerprint density at radius 2 is 2.07 bits per heavy atom. The summed E-state index contributed by atoms with van der Waals surface area (Å²) >= 11 is 0.